The zero-order chi connectivity index (χ0) is 22.5. The molecule has 0 spiro atoms. The van der Waals surface area contributed by atoms with Crippen molar-refractivity contribution in [3.63, 3.8) is 0 Å². The van der Waals surface area contributed by atoms with Crippen LogP contribution in [0.1, 0.15) is 15.9 Å². The van der Waals surface area contributed by atoms with Crippen molar-refractivity contribution < 1.29 is 14.3 Å². The number of nitrogens with zero attached hydrogens (tertiary/aromatic N) is 2. The molecule has 1 fully saturated rings. The molecular formula is C26H27N3O3. The van der Waals surface area contributed by atoms with Gasteiger partial charge in [-0.25, -0.2) is 0 Å². The van der Waals surface area contributed by atoms with E-state index >= 15 is 0 Å². The van der Waals surface area contributed by atoms with Gasteiger partial charge in [0.2, 0.25) is 0 Å². The standard InChI is InChI=1S/C26H27N3O3/c1-28-14-16-29(17-15-28)26(31)24(27-25(30)20-10-12-22(32-2)13-11-20)18-21-8-5-7-19-6-3-4-9-23(19)21/h3-13,18H,14-17H2,1-2H3,(H,27,30)/b24-18-. The summed E-state index contributed by atoms with van der Waals surface area (Å²) in [4.78, 5) is 30.4. The SMILES string of the molecule is COc1ccc(C(=O)N/C(=C\c2cccc3ccccc23)C(=O)N2CCN(C)CC2)cc1. The normalized spacial score (nSPS) is 14.9. The topological polar surface area (TPSA) is 61.9 Å². The van der Waals surface area contributed by atoms with Gasteiger partial charge in [-0.05, 0) is 53.7 Å². The summed E-state index contributed by atoms with van der Waals surface area (Å²) in [6.45, 7) is 2.86. The minimum absolute atomic E-state index is 0.173. The fourth-order valence-corrected chi connectivity index (χ4v) is 3.80. The first-order valence-electron chi connectivity index (χ1n) is 10.7. The van der Waals surface area contributed by atoms with Crippen molar-refractivity contribution >= 4 is 28.7 Å². The second-order valence-corrected chi connectivity index (χ2v) is 7.90. The Morgan fingerprint density at radius 1 is 0.906 bits per heavy atom. The number of hydrogen-bond acceptors (Lipinski definition) is 4. The summed E-state index contributed by atoms with van der Waals surface area (Å²) in [5.41, 5.74) is 1.61. The van der Waals surface area contributed by atoms with Gasteiger partial charge in [0.15, 0.2) is 0 Å². The van der Waals surface area contributed by atoms with Crippen LogP contribution in [0.5, 0.6) is 5.75 Å². The van der Waals surface area contributed by atoms with Crippen LogP contribution < -0.4 is 10.1 Å². The minimum Gasteiger partial charge on any atom is -0.497 e. The second kappa shape index (κ2) is 9.66. The van der Waals surface area contributed by atoms with Crippen LogP contribution in [0.15, 0.2) is 72.4 Å². The number of piperazine rings is 1. The smallest absolute Gasteiger partial charge is 0.270 e. The van der Waals surface area contributed by atoms with Crippen LogP contribution in [0.3, 0.4) is 0 Å². The number of nitrogens with one attached hydrogen (secondary N) is 1. The molecule has 2 amide bonds. The molecule has 1 saturated heterocycles. The van der Waals surface area contributed by atoms with Gasteiger partial charge in [0.25, 0.3) is 11.8 Å². The van der Waals surface area contributed by atoms with E-state index in [1.54, 1.807) is 42.4 Å². The first-order chi connectivity index (χ1) is 15.5. The maximum absolute atomic E-state index is 13.4. The van der Waals surface area contributed by atoms with E-state index in [1.165, 1.54) is 0 Å². The van der Waals surface area contributed by atoms with E-state index in [1.807, 2.05) is 49.5 Å². The van der Waals surface area contributed by atoms with Crippen molar-refractivity contribution in [2.75, 3.05) is 40.3 Å². The van der Waals surface area contributed by atoms with Gasteiger partial charge in [-0.15, -0.1) is 0 Å². The fraction of sp³-hybridized carbons (Fsp3) is 0.231. The molecule has 0 bridgehead atoms. The zero-order valence-corrected chi connectivity index (χ0v) is 18.4. The lowest BCUT2D eigenvalue weighted by Gasteiger charge is -2.33. The number of ether oxygens (including phenoxy) is 1. The largest absolute Gasteiger partial charge is 0.497 e. The minimum atomic E-state index is -0.332. The van der Waals surface area contributed by atoms with Crippen LogP contribution in [0, 0.1) is 0 Å². The first kappa shape index (κ1) is 21.6. The number of hydrogen-bond donors (Lipinski definition) is 1. The predicted octanol–water partition coefficient (Wildman–Crippen LogP) is 3.39. The molecule has 32 heavy (non-hydrogen) atoms. The van der Waals surface area contributed by atoms with Crippen LogP contribution in [-0.4, -0.2) is 62.0 Å². The van der Waals surface area contributed by atoms with Crippen LogP contribution >= 0.6 is 0 Å². The molecule has 0 atom stereocenters. The average molecular weight is 430 g/mol. The number of fused-ring (bicyclic) bond motifs is 1. The maximum atomic E-state index is 13.4. The third-order valence-electron chi connectivity index (χ3n) is 5.74. The van der Waals surface area contributed by atoms with Gasteiger partial charge in [0.1, 0.15) is 11.4 Å². The highest BCUT2D eigenvalue weighted by molar-refractivity contribution is 6.06. The highest BCUT2D eigenvalue weighted by atomic mass is 16.5. The monoisotopic (exact) mass is 429 g/mol. The maximum Gasteiger partial charge on any atom is 0.270 e. The number of methoxy groups -OCH3 is 1. The lowest BCUT2D eigenvalue weighted by atomic mass is 10.0. The molecule has 164 valence electrons. The van der Waals surface area contributed by atoms with E-state index in [2.05, 4.69) is 10.2 Å². The Morgan fingerprint density at radius 2 is 1.59 bits per heavy atom. The molecule has 3 aromatic rings. The van der Waals surface area contributed by atoms with Crippen molar-refractivity contribution in [1.82, 2.24) is 15.1 Å². The summed E-state index contributed by atoms with van der Waals surface area (Å²) in [5, 5.41) is 4.97. The lowest BCUT2D eigenvalue weighted by Crippen LogP contribution is -2.49. The highest BCUT2D eigenvalue weighted by Gasteiger charge is 2.24. The van der Waals surface area contributed by atoms with Crippen molar-refractivity contribution in [2.45, 2.75) is 0 Å². The Bertz CT molecular complexity index is 1140. The van der Waals surface area contributed by atoms with Crippen molar-refractivity contribution in [1.29, 1.82) is 0 Å². The van der Waals surface area contributed by atoms with Gasteiger partial charge < -0.3 is 19.9 Å². The average Bonchev–Trinajstić information content (AvgIpc) is 2.84. The first-order valence-corrected chi connectivity index (χ1v) is 10.7. The summed E-state index contributed by atoms with van der Waals surface area (Å²) in [6, 6.07) is 20.8. The number of carbonyl (C=O) groups excluding carboxylic acids is 2. The number of rotatable bonds is 5. The molecule has 4 rings (SSSR count). The Morgan fingerprint density at radius 3 is 2.31 bits per heavy atom. The number of amides is 2. The molecule has 1 aliphatic heterocycles. The van der Waals surface area contributed by atoms with Crippen LogP contribution in [0.25, 0.3) is 16.8 Å². The molecule has 0 unspecified atom stereocenters. The molecule has 6 nitrogen and oxygen atoms in total. The zero-order valence-electron chi connectivity index (χ0n) is 18.4. The summed E-state index contributed by atoms with van der Waals surface area (Å²) in [5.74, 6) is 0.163. The molecule has 0 radical (unpaired) electrons. The van der Waals surface area contributed by atoms with Crippen molar-refractivity contribution in [3.8, 4) is 5.75 Å². The number of likely N-dealkylation sites (N-methyl/N-ethyl adjacent to an activating group) is 1. The molecule has 1 N–H and O–H groups in total. The summed E-state index contributed by atoms with van der Waals surface area (Å²) >= 11 is 0. The van der Waals surface area contributed by atoms with Crippen LogP contribution in [0.4, 0.5) is 0 Å². The fourth-order valence-electron chi connectivity index (χ4n) is 3.80. The van der Waals surface area contributed by atoms with E-state index in [0.717, 1.165) is 29.4 Å². The molecule has 0 aliphatic carbocycles. The van der Waals surface area contributed by atoms with E-state index in [4.69, 9.17) is 4.74 Å². The van der Waals surface area contributed by atoms with Gasteiger partial charge in [0, 0.05) is 31.7 Å². The molecule has 1 aliphatic rings. The second-order valence-electron chi connectivity index (χ2n) is 7.90. The van der Waals surface area contributed by atoms with E-state index < -0.39 is 0 Å². The third kappa shape index (κ3) is 4.81. The quantitative estimate of drug-likeness (QED) is 0.632. The molecule has 3 aromatic carbocycles. The highest BCUT2D eigenvalue weighted by Crippen LogP contribution is 2.21. The molecule has 0 saturated carbocycles. The third-order valence-corrected chi connectivity index (χ3v) is 5.74. The Hall–Kier alpha value is -3.64. The predicted molar refractivity (Wildman–Crippen MR) is 126 cm³/mol. The van der Waals surface area contributed by atoms with Gasteiger partial charge in [0.05, 0.1) is 7.11 Å². The summed E-state index contributed by atoms with van der Waals surface area (Å²) < 4.78 is 5.17. The van der Waals surface area contributed by atoms with Crippen LogP contribution in [-0.2, 0) is 4.79 Å². The Labute approximate surface area is 188 Å². The van der Waals surface area contributed by atoms with Gasteiger partial charge >= 0.3 is 0 Å². The number of carbonyl (C=O) groups is 2. The Balaban J connectivity index is 1.68. The number of benzene rings is 3. The Kier molecular flexibility index (Phi) is 6.52. The molecule has 1 heterocycles. The van der Waals surface area contributed by atoms with E-state index in [-0.39, 0.29) is 17.5 Å². The van der Waals surface area contributed by atoms with Crippen LogP contribution in [0.2, 0.25) is 0 Å². The summed E-state index contributed by atoms with van der Waals surface area (Å²) in [7, 11) is 3.62. The molecule has 6 heteroatoms. The molecular weight excluding hydrogens is 402 g/mol. The molecule has 0 aromatic heterocycles. The van der Waals surface area contributed by atoms with Gasteiger partial charge in [-0.1, -0.05) is 42.5 Å². The van der Waals surface area contributed by atoms with E-state index in [9.17, 15) is 9.59 Å². The van der Waals surface area contributed by atoms with Crippen molar-refractivity contribution in [3.05, 3.63) is 83.6 Å². The van der Waals surface area contributed by atoms with Gasteiger partial charge in [-0.3, -0.25) is 9.59 Å². The van der Waals surface area contributed by atoms with Gasteiger partial charge in [-0.2, -0.15) is 0 Å². The van der Waals surface area contributed by atoms with Crippen molar-refractivity contribution in [2.24, 2.45) is 0 Å². The summed E-state index contributed by atoms with van der Waals surface area (Å²) in [6.07, 6.45) is 1.78. The van der Waals surface area contributed by atoms with E-state index in [0.29, 0.717) is 24.4 Å². The lowest BCUT2D eigenvalue weighted by molar-refractivity contribution is -0.128.